The third-order valence-corrected chi connectivity index (χ3v) is 7.91. The largest absolute Gasteiger partial charge is 0.504 e. The van der Waals surface area contributed by atoms with Gasteiger partial charge in [0.25, 0.3) is 0 Å². The second kappa shape index (κ2) is 8.03. The van der Waals surface area contributed by atoms with Gasteiger partial charge in [0, 0.05) is 28.5 Å². The first-order chi connectivity index (χ1) is 15.0. The number of fused-ring (bicyclic) bond motifs is 4. The quantitative estimate of drug-likeness (QED) is 0.618. The molecule has 1 N–H and O–H groups in total. The average molecular weight is 482 g/mol. The van der Waals surface area contributed by atoms with E-state index in [4.69, 9.17) is 9.47 Å². The van der Waals surface area contributed by atoms with E-state index in [9.17, 15) is 5.11 Å². The zero-order valence-corrected chi connectivity index (χ0v) is 19.7. The van der Waals surface area contributed by atoms with Gasteiger partial charge in [0.1, 0.15) is 5.76 Å². The smallest absolute Gasteiger partial charge is 0.163 e. The zero-order chi connectivity index (χ0) is 21.7. The molecule has 0 aromatic heterocycles. The molecule has 31 heavy (non-hydrogen) atoms. The predicted molar refractivity (Wildman–Crippen MR) is 125 cm³/mol. The molecule has 0 amide bonds. The first-order valence-corrected chi connectivity index (χ1v) is 11.7. The Labute approximate surface area is 192 Å². The summed E-state index contributed by atoms with van der Waals surface area (Å²) < 4.78 is 12.1. The maximum absolute atomic E-state index is 11.2. The third kappa shape index (κ3) is 3.30. The van der Waals surface area contributed by atoms with Gasteiger partial charge < -0.3 is 14.6 Å². The van der Waals surface area contributed by atoms with Crippen molar-refractivity contribution in [3.8, 4) is 11.5 Å². The van der Waals surface area contributed by atoms with E-state index in [0.29, 0.717) is 23.6 Å². The number of aromatic hydroxyl groups is 1. The van der Waals surface area contributed by atoms with E-state index < -0.39 is 0 Å². The Morgan fingerprint density at radius 3 is 2.61 bits per heavy atom. The standard InChI is InChI=1S/C26H28BrNO3/c1-15-11-18(30-2)12-17-9-10-28-21(23(15)17)13-19-20(27)14-22(31-3)26(29)24(19)25(28)16-7-5-4-6-8-16/h4-8,11-12,14-15,21,23,25,29H,9-10,13H2,1-3H3/t15?,21-,23?,25+/m0/s1. The first kappa shape index (κ1) is 20.7. The number of rotatable bonds is 3. The van der Waals surface area contributed by atoms with Crippen molar-refractivity contribution in [1.29, 1.82) is 0 Å². The van der Waals surface area contributed by atoms with E-state index in [-0.39, 0.29) is 11.8 Å². The topological polar surface area (TPSA) is 41.9 Å². The molecule has 2 aromatic rings. The molecule has 162 valence electrons. The second-order valence-corrected chi connectivity index (χ2v) is 9.61. The van der Waals surface area contributed by atoms with Crippen molar-refractivity contribution in [3.05, 3.63) is 81.0 Å². The number of phenols is 1. The second-order valence-electron chi connectivity index (χ2n) is 8.75. The molecule has 0 radical (unpaired) electrons. The number of nitrogens with zero attached hydrogens (tertiary/aromatic N) is 1. The molecule has 2 aliphatic heterocycles. The molecule has 4 nitrogen and oxygen atoms in total. The van der Waals surface area contributed by atoms with Gasteiger partial charge in [0.05, 0.1) is 20.3 Å². The lowest BCUT2D eigenvalue weighted by Crippen LogP contribution is -2.54. The minimum Gasteiger partial charge on any atom is -0.504 e. The summed E-state index contributed by atoms with van der Waals surface area (Å²) >= 11 is 3.79. The van der Waals surface area contributed by atoms with Crippen molar-refractivity contribution >= 4 is 15.9 Å². The Balaban J connectivity index is 1.68. The summed E-state index contributed by atoms with van der Waals surface area (Å²) in [5.74, 6) is 2.58. The van der Waals surface area contributed by atoms with Crippen molar-refractivity contribution in [3.63, 3.8) is 0 Å². The molecule has 5 heteroatoms. The van der Waals surface area contributed by atoms with Crippen LogP contribution in [0.4, 0.5) is 0 Å². The average Bonchev–Trinajstić information content (AvgIpc) is 2.80. The van der Waals surface area contributed by atoms with E-state index in [0.717, 1.165) is 35.2 Å². The molecule has 1 aliphatic carbocycles. The molecule has 1 fully saturated rings. The SMILES string of the molecule is COC1=CC(C)C2C(=C1)CCN1[C@H](c3ccccc3)c3c(O)c(OC)cc(Br)c3C[C@@H]21. The molecular formula is C26H28BrNO3. The van der Waals surface area contributed by atoms with E-state index >= 15 is 0 Å². The molecule has 4 atom stereocenters. The zero-order valence-electron chi connectivity index (χ0n) is 18.1. The Hall–Kier alpha value is -2.24. The van der Waals surface area contributed by atoms with Crippen molar-refractivity contribution in [2.45, 2.75) is 31.8 Å². The number of halogens is 1. The Morgan fingerprint density at radius 2 is 1.90 bits per heavy atom. The highest BCUT2D eigenvalue weighted by molar-refractivity contribution is 9.10. The number of benzene rings is 2. The molecule has 1 saturated heterocycles. The maximum Gasteiger partial charge on any atom is 0.163 e. The van der Waals surface area contributed by atoms with E-state index in [1.54, 1.807) is 14.2 Å². The minimum absolute atomic E-state index is 0.0112. The summed E-state index contributed by atoms with van der Waals surface area (Å²) in [4.78, 5) is 2.60. The lowest BCUT2D eigenvalue weighted by atomic mass is 9.68. The molecule has 2 unspecified atom stereocenters. The van der Waals surface area contributed by atoms with E-state index in [2.05, 4.69) is 64.2 Å². The number of piperidine rings is 1. The summed E-state index contributed by atoms with van der Waals surface area (Å²) in [6.45, 7) is 3.25. The van der Waals surface area contributed by atoms with Gasteiger partial charge in [0.2, 0.25) is 0 Å². The maximum atomic E-state index is 11.2. The number of methoxy groups -OCH3 is 2. The van der Waals surface area contributed by atoms with Crippen molar-refractivity contribution in [1.82, 2.24) is 4.90 Å². The van der Waals surface area contributed by atoms with Gasteiger partial charge in [0.15, 0.2) is 11.5 Å². The van der Waals surface area contributed by atoms with Gasteiger partial charge in [-0.1, -0.05) is 58.8 Å². The number of hydrogen-bond acceptors (Lipinski definition) is 4. The van der Waals surface area contributed by atoms with Crippen LogP contribution in [0, 0.1) is 11.8 Å². The lowest BCUT2D eigenvalue weighted by Gasteiger charge is -2.52. The Bertz CT molecular complexity index is 1060. The van der Waals surface area contributed by atoms with Crippen LogP contribution in [0.1, 0.15) is 36.1 Å². The normalized spacial score (nSPS) is 27.4. The van der Waals surface area contributed by atoms with Crippen molar-refractivity contribution < 1.29 is 14.6 Å². The van der Waals surface area contributed by atoms with Gasteiger partial charge in [-0.3, -0.25) is 4.90 Å². The summed E-state index contributed by atoms with van der Waals surface area (Å²) in [5, 5.41) is 11.2. The first-order valence-electron chi connectivity index (χ1n) is 10.9. The fourth-order valence-corrected chi connectivity index (χ4v) is 6.47. The summed E-state index contributed by atoms with van der Waals surface area (Å²) in [6.07, 6.45) is 6.40. The molecule has 2 heterocycles. The third-order valence-electron chi connectivity index (χ3n) is 7.20. The van der Waals surface area contributed by atoms with Crippen LogP contribution in [0.15, 0.2) is 64.4 Å². The van der Waals surface area contributed by atoms with Gasteiger partial charge in [-0.05, 0) is 48.1 Å². The van der Waals surface area contributed by atoms with Gasteiger partial charge in [-0.15, -0.1) is 0 Å². The Morgan fingerprint density at radius 1 is 1.13 bits per heavy atom. The highest BCUT2D eigenvalue weighted by Crippen LogP contribution is 2.53. The van der Waals surface area contributed by atoms with Crippen molar-refractivity contribution in [2.24, 2.45) is 11.8 Å². The number of ether oxygens (including phenoxy) is 2. The fourth-order valence-electron chi connectivity index (χ4n) is 5.89. The van der Waals surface area contributed by atoms with Crippen LogP contribution in [0.25, 0.3) is 0 Å². The Kier molecular flexibility index (Phi) is 5.35. The van der Waals surface area contributed by atoms with Gasteiger partial charge in [-0.25, -0.2) is 0 Å². The number of allylic oxidation sites excluding steroid dienone is 2. The fraction of sp³-hybridized carbons (Fsp3) is 0.385. The number of hydrogen-bond donors (Lipinski definition) is 1. The molecule has 5 rings (SSSR count). The summed E-state index contributed by atoms with van der Waals surface area (Å²) in [6, 6.07) is 12.8. The number of phenolic OH excluding ortho intramolecular Hbond substituents is 1. The van der Waals surface area contributed by atoms with Gasteiger partial charge >= 0.3 is 0 Å². The molecular weight excluding hydrogens is 454 g/mol. The van der Waals surface area contributed by atoms with Crippen LogP contribution in [-0.2, 0) is 11.2 Å². The van der Waals surface area contributed by atoms with E-state index in [1.165, 1.54) is 16.7 Å². The van der Waals surface area contributed by atoms with Crippen LogP contribution >= 0.6 is 15.9 Å². The predicted octanol–water partition coefficient (Wildman–Crippen LogP) is 5.61. The van der Waals surface area contributed by atoms with Crippen molar-refractivity contribution in [2.75, 3.05) is 20.8 Å². The molecule has 3 aliphatic rings. The van der Waals surface area contributed by atoms with Crippen LogP contribution in [0.5, 0.6) is 11.5 Å². The van der Waals surface area contributed by atoms with Crippen LogP contribution in [0.3, 0.4) is 0 Å². The highest BCUT2D eigenvalue weighted by Gasteiger charge is 2.47. The molecule has 2 aromatic carbocycles. The van der Waals surface area contributed by atoms with E-state index in [1.807, 2.05) is 12.1 Å². The molecule has 0 spiro atoms. The monoisotopic (exact) mass is 481 g/mol. The van der Waals surface area contributed by atoms with Crippen LogP contribution in [0.2, 0.25) is 0 Å². The summed E-state index contributed by atoms with van der Waals surface area (Å²) in [7, 11) is 3.36. The van der Waals surface area contributed by atoms with Crippen LogP contribution < -0.4 is 4.74 Å². The minimum atomic E-state index is -0.0112. The molecule has 0 saturated carbocycles. The van der Waals surface area contributed by atoms with Gasteiger partial charge in [-0.2, -0.15) is 0 Å². The summed E-state index contributed by atoms with van der Waals surface area (Å²) in [5.41, 5.74) is 4.84. The van der Waals surface area contributed by atoms with Crippen LogP contribution in [-0.4, -0.2) is 36.8 Å². The highest BCUT2D eigenvalue weighted by atomic mass is 79.9. The molecule has 0 bridgehead atoms. The lowest BCUT2D eigenvalue weighted by molar-refractivity contribution is 0.0647.